The minimum atomic E-state index is -0.152. The number of nitrogens with one attached hydrogen (secondary N) is 2. The van der Waals surface area contributed by atoms with Gasteiger partial charge in [-0.2, -0.15) is 0 Å². The van der Waals surface area contributed by atoms with E-state index in [1.165, 1.54) is 0 Å². The molecule has 2 rings (SSSR count). The number of carbonyl (C=O) groups excluding carboxylic acids is 1. The van der Waals surface area contributed by atoms with E-state index in [0.717, 1.165) is 14.9 Å². The maximum Gasteiger partial charge on any atom is 0.315 e. The molecular formula is C14H15BrN2OS. The van der Waals surface area contributed by atoms with E-state index in [1.54, 1.807) is 11.3 Å². The molecule has 2 aromatic rings. The first-order valence-electron chi connectivity index (χ1n) is 5.97. The second-order valence-corrected chi connectivity index (χ2v) is 6.10. The molecule has 1 aromatic heterocycles. The van der Waals surface area contributed by atoms with Gasteiger partial charge in [0.15, 0.2) is 0 Å². The lowest BCUT2D eigenvalue weighted by atomic mass is 10.1. The molecule has 1 unspecified atom stereocenters. The Morgan fingerprint density at radius 3 is 2.74 bits per heavy atom. The highest BCUT2D eigenvalue weighted by Gasteiger charge is 2.08. The van der Waals surface area contributed by atoms with Crippen LogP contribution in [0.4, 0.5) is 4.79 Å². The van der Waals surface area contributed by atoms with Crippen LogP contribution in [0.3, 0.4) is 0 Å². The zero-order chi connectivity index (χ0) is 13.7. The van der Waals surface area contributed by atoms with Gasteiger partial charge >= 0.3 is 6.03 Å². The third-order valence-electron chi connectivity index (χ3n) is 2.69. The number of hydrogen-bond donors (Lipinski definition) is 2. The molecule has 0 spiro atoms. The third-order valence-corrected chi connectivity index (χ3v) is 4.39. The van der Waals surface area contributed by atoms with Gasteiger partial charge in [-0.3, -0.25) is 0 Å². The monoisotopic (exact) mass is 338 g/mol. The molecule has 100 valence electrons. The fourth-order valence-electron chi connectivity index (χ4n) is 1.69. The Hall–Kier alpha value is -1.33. The molecule has 0 radical (unpaired) electrons. The van der Waals surface area contributed by atoms with Crippen LogP contribution in [0, 0.1) is 0 Å². The van der Waals surface area contributed by atoms with Crippen LogP contribution in [0.2, 0.25) is 0 Å². The second-order valence-electron chi connectivity index (χ2n) is 4.19. The fraction of sp³-hybridized carbons (Fsp3) is 0.214. The van der Waals surface area contributed by atoms with Crippen molar-refractivity contribution in [2.24, 2.45) is 0 Å². The second kappa shape index (κ2) is 6.73. The Kier molecular flexibility index (Phi) is 4.99. The predicted octanol–water partition coefficient (Wildman–Crippen LogP) is 4.07. The van der Waals surface area contributed by atoms with E-state index >= 15 is 0 Å². The normalized spacial score (nSPS) is 11.9. The largest absolute Gasteiger partial charge is 0.333 e. The molecule has 0 aliphatic heterocycles. The Morgan fingerprint density at radius 1 is 1.37 bits per heavy atom. The lowest BCUT2D eigenvalue weighted by Crippen LogP contribution is -2.36. The van der Waals surface area contributed by atoms with Gasteiger partial charge in [0.1, 0.15) is 0 Å². The summed E-state index contributed by atoms with van der Waals surface area (Å²) in [6.07, 6.45) is 0. The van der Waals surface area contributed by atoms with E-state index in [4.69, 9.17) is 0 Å². The number of halogens is 1. The summed E-state index contributed by atoms with van der Waals surface area (Å²) in [6, 6.07) is 11.7. The molecule has 2 amide bonds. The molecular weight excluding hydrogens is 324 g/mol. The zero-order valence-electron chi connectivity index (χ0n) is 10.5. The molecule has 0 fully saturated rings. The van der Waals surface area contributed by atoms with Crippen LogP contribution in [0.1, 0.15) is 23.4 Å². The number of thiophene rings is 1. The molecule has 3 nitrogen and oxygen atoms in total. The molecule has 19 heavy (non-hydrogen) atoms. The molecule has 1 atom stereocenters. The maximum absolute atomic E-state index is 11.8. The average molecular weight is 339 g/mol. The summed E-state index contributed by atoms with van der Waals surface area (Å²) < 4.78 is 1.05. The average Bonchev–Trinajstić information content (AvgIpc) is 2.83. The number of rotatable bonds is 4. The summed E-state index contributed by atoms with van der Waals surface area (Å²) in [7, 11) is 0. The van der Waals surface area contributed by atoms with E-state index < -0.39 is 0 Å². The molecule has 0 aliphatic rings. The van der Waals surface area contributed by atoms with Crippen molar-refractivity contribution in [3.8, 4) is 0 Å². The molecule has 0 aliphatic carbocycles. The summed E-state index contributed by atoms with van der Waals surface area (Å²) in [5.41, 5.74) is 1.09. The lowest BCUT2D eigenvalue weighted by molar-refractivity contribution is 0.237. The molecule has 0 saturated heterocycles. The van der Waals surface area contributed by atoms with Crippen molar-refractivity contribution >= 4 is 33.3 Å². The summed E-state index contributed by atoms with van der Waals surface area (Å²) in [5.74, 6) is 0. The van der Waals surface area contributed by atoms with Crippen LogP contribution in [0.25, 0.3) is 0 Å². The number of urea groups is 1. The van der Waals surface area contributed by atoms with Gasteiger partial charge in [0.05, 0.1) is 12.6 Å². The van der Waals surface area contributed by atoms with Gasteiger partial charge in [0.25, 0.3) is 0 Å². The number of carbonyl (C=O) groups is 1. The van der Waals surface area contributed by atoms with Crippen molar-refractivity contribution in [2.45, 2.75) is 19.5 Å². The van der Waals surface area contributed by atoms with Crippen molar-refractivity contribution < 1.29 is 4.79 Å². The highest BCUT2D eigenvalue weighted by atomic mass is 79.9. The van der Waals surface area contributed by atoms with Crippen LogP contribution >= 0.6 is 27.3 Å². The fourth-order valence-corrected chi connectivity index (χ4v) is 3.08. The summed E-state index contributed by atoms with van der Waals surface area (Å²) in [4.78, 5) is 12.9. The first kappa shape index (κ1) is 14.1. The van der Waals surface area contributed by atoms with Crippen molar-refractivity contribution in [3.05, 3.63) is 56.7 Å². The van der Waals surface area contributed by atoms with E-state index in [1.807, 2.05) is 48.7 Å². The Bertz CT molecular complexity index is 541. The predicted molar refractivity (Wildman–Crippen MR) is 82.2 cm³/mol. The van der Waals surface area contributed by atoms with Crippen LogP contribution in [0.15, 0.2) is 46.3 Å². The molecule has 0 saturated carbocycles. The minimum absolute atomic E-state index is 0.00345. The van der Waals surface area contributed by atoms with Gasteiger partial charge in [0, 0.05) is 14.7 Å². The number of amides is 2. The van der Waals surface area contributed by atoms with E-state index in [9.17, 15) is 4.79 Å². The number of hydrogen-bond acceptors (Lipinski definition) is 2. The molecule has 5 heteroatoms. The van der Waals surface area contributed by atoms with Crippen LogP contribution in [-0.2, 0) is 6.54 Å². The van der Waals surface area contributed by atoms with Crippen LogP contribution in [0.5, 0.6) is 0 Å². The topological polar surface area (TPSA) is 41.1 Å². The third kappa shape index (κ3) is 4.36. The molecule has 1 heterocycles. The SMILES string of the molecule is CC(NC(=O)NCc1cc(Br)cs1)c1ccccc1. The molecule has 2 N–H and O–H groups in total. The standard InChI is InChI=1S/C14H15BrN2OS/c1-10(11-5-3-2-4-6-11)17-14(18)16-8-13-7-12(15)9-19-13/h2-7,9-10H,8H2,1H3,(H2,16,17,18). The zero-order valence-corrected chi connectivity index (χ0v) is 12.9. The van der Waals surface area contributed by atoms with Gasteiger partial charge < -0.3 is 10.6 Å². The smallest absolute Gasteiger partial charge is 0.315 e. The van der Waals surface area contributed by atoms with Crippen LogP contribution < -0.4 is 10.6 Å². The van der Waals surface area contributed by atoms with Gasteiger partial charge in [-0.1, -0.05) is 30.3 Å². The molecule has 0 bridgehead atoms. The van der Waals surface area contributed by atoms with Crippen LogP contribution in [-0.4, -0.2) is 6.03 Å². The first-order valence-corrected chi connectivity index (χ1v) is 7.64. The summed E-state index contributed by atoms with van der Waals surface area (Å²) in [6.45, 7) is 2.51. The maximum atomic E-state index is 11.8. The van der Waals surface area contributed by atoms with Gasteiger partial charge in [-0.05, 0) is 34.5 Å². The van der Waals surface area contributed by atoms with Crippen molar-refractivity contribution in [2.75, 3.05) is 0 Å². The summed E-state index contributed by atoms with van der Waals surface area (Å²) in [5, 5.41) is 7.77. The lowest BCUT2D eigenvalue weighted by Gasteiger charge is -2.14. The van der Waals surface area contributed by atoms with Gasteiger partial charge in [-0.15, -0.1) is 11.3 Å². The van der Waals surface area contributed by atoms with E-state index in [0.29, 0.717) is 6.54 Å². The van der Waals surface area contributed by atoms with E-state index in [2.05, 4.69) is 26.6 Å². The Morgan fingerprint density at radius 2 is 2.11 bits per heavy atom. The van der Waals surface area contributed by atoms with Gasteiger partial charge in [0.2, 0.25) is 0 Å². The molecule has 1 aromatic carbocycles. The van der Waals surface area contributed by atoms with Crippen molar-refractivity contribution in [1.82, 2.24) is 10.6 Å². The highest BCUT2D eigenvalue weighted by Crippen LogP contribution is 2.19. The highest BCUT2D eigenvalue weighted by molar-refractivity contribution is 9.10. The Balaban J connectivity index is 1.81. The minimum Gasteiger partial charge on any atom is -0.333 e. The number of benzene rings is 1. The van der Waals surface area contributed by atoms with Crippen molar-refractivity contribution in [1.29, 1.82) is 0 Å². The Labute approximate surface area is 125 Å². The quantitative estimate of drug-likeness (QED) is 0.866. The van der Waals surface area contributed by atoms with Crippen molar-refractivity contribution in [3.63, 3.8) is 0 Å². The summed E-state index contributed by atoms with van der Waals surface area (Å²) >= 11 is 5.01. The first-order chi connectivity index (χ1) is 9.15. The van der Waals surface area contributed by atoms with Gasteiger partial charge in [-0.25, -0.2) is 4.79 Å². The van der Waals surface area contributed by atoms with E-state index in [-0.39, 0.29) is 12.1 Å².